The van der Waals surface area contributed by atoms with Crippen LogP contribution in [0.1, 0.15) is 15.9 Å². The molecule has 1 fully saturated rings. The molecular formula is C20H22Cl2N4O2. The molecule has 148 valence electrons. The number of aromatic nitrogens is 2. The number of ether oxygens (including phenoxy) is 1. The summed E-state index contributed by atoms with van der Waals surface area (Å²) in [6, 6.07) is 7.65. The Kier molecular flexibility index (Phi) is 6.13. The number of morpholine rings is 1. The SMILES string of the molecule is Cc1cn(N(C)c2cccc(Cl)c2)c2cncc(C(=O)N3CCOCC3)c12.Cl. The van der Waals surface area contributed by atoms with Gasteiger partial charge < -0.3 is 9.64 Å². The molecule has 3 aromatic rings. The number of hydrogen-bond donors (Lipinski definition) is 0. The highest BCUT2D eigenvalue weighted by atomic mass is 35.5. The molecule has 6 nitrogen and oxygen atoms in total. The summed E-state index contributed by atoms with van der Waals surface area (Å²) in [7, 11) is 1.96. The maximum Gasteiger partial charge on any atom is 0.256 e. The fourth-order valence-electron chi connectivity index (χ4n) is 3.50. The monoisotopic (exact) mass is 420 g/mol. The summed E-state index contributed by atoms with van der Waals surface area (Å²) in [6.45, 7) is 4.38. The van der Waals surface area contributed by atoms with Crippen molar-refractivity contribution in [3.05, 3.63) is 59.0 Å². The van der Waals surface area contributed by atoms with Gasteiger partial charge in [0.1, 0.15) is 0 Å². The van der Waals surface area contributed by atoms with Crippen LogP contribution >= 0.6 is 24.0 Å². The third-order valence-corrected chi connectivity index (χ3v) is 5.15. The lowest BCUT2D eigenvalue weighted by Gasteiger charge is -2.27. The summed E-state index contributed by atoms with van der Waals surface area (Å²) in [5, 5.41) is 3.59. The number of halogens is 2. The van der Waals surface area contributed by atoms with Gasteiger partial charge in [-0.15, -0.1) is 12.4 Å². The molecule has 0 saturated carbocycles. The second-order valence-corrected chi connectivity index (χ2v) is 7.08. The van der Waals surface area contributed by atoms with Crippen molar-refractivity contribution < 1.29 is 9.53 Å². The molecule has 1 aromatic carbocycles. The summed E-state index contributed by atoms with van der Waals surface area (Å²) >= 11 is 6.14. The van der Waals surface area contributed by atoms with Crippen molar-refractivity contribution >= 4 is 46.5 Å². The molecule has 4 rings (SSSR count). The van der Waals surface area contributed by atoms with Gasteiger partial charge in [-0.2, -0.15) is 0 Å². The first-order valence-corrected chi connectivity index (χ1v) is 9.26. The van der Waals surface area contributed by atoms with Gasteiger partial charge in [0.2, 0.25) is 0 Å². The quantitative estimate of drug-likeness (QED) is 0.646. The van der Waals surface area contributed by atoms with E-state index in [0.29, 0.717) is 36.9 Å². The zero-order valence-corrected chi connectivity index (χ0v) is 17.3. The Morgan fingerprint density at radius 3 is 2.71 bits per heavy atom. The van der Waals surface area contributed by atoms with Gasteiger partial charge in [-0.05, 0) is 30.7 Å². The Morgan fingerprint density at radius 1 is 1.25 bits per heavy atom. The minimum atomic E-state index is 0. The second kappa shape index (κ2) is 8.39. The van der Waals surface area contributed by atoms with Gasteiger partial charge in [0.15, 0.2) is 0 Å². The van der Waals surface area contributed by atoms with Crippen LogP contribution < -0.4 is 5.01 Å². The zero-order valence-electron chi connectivity index (χ0n) is 15.8. The molecule has 2 aromatic heterocycles. The van der Waals surface area contributed by atoms with Crippen LogP contribution in [-0.2, 0) is 4.74 Å². The topological polar surface area (TPSA) is 50.6 Å². The molecule has 0 bridgehead atoms. The van der Waals surface area contributed by atoms with E-state index in [9.17, 15) is 4.79 Å². The molecule has 0 aliphatic carbocycles. The number of benzene rings is 1. The predicted octanol–water partition coefficient (Wildman–Crippen LogP) is 3.79. The molecule has 0 spiro atoms. The van der Waals surface area contributed by atoms with Crippen LogP contribution in [0.25, 0.3) is 10.9 Å². The van der Waals surface area contributed by atoms with E-state index in [4.69, 9.17) is 16.3 Å². The molecule has 0 N–H and O–H groups in total. The number of carbonyl (C=O) groups is 1. The first-order valence-electron chi connectivity index (χ1n) is 8.88. The maximum absolute atomic E-state index is 13.0. The number of aryl methyl sites for hydroxylation is 1. The van der Waals surface area contributed by atoms with Crippen LogP contribution in [0.3, 0.4) is 0 Å². The number of rotatable bonds is 3. The van der Waals surface area contributed by atoms with E-state index >= 15 is 0 Å². The third-order valence-electron chi connectivity index (χ3n) is 4.92. The van der Waals surface area contributed by atoms with Gasteiger partial charge in [0.25, 0.3) is 5.91 Å². The smallest absolute Gasteiger partial charge is 0.256 e. The summed E-state index contributed by atoms with van der Waals surface area (Å²) in [6.07, 6.45) is 5.47. The van der Waals surface area contributed by atoms with Crippen molar-refractivity contribution in [1.82, 2.24) is 14.6 Å². The molecule has 8 heteroatoms. The Bertz CT molecular complexity index is 999. The van der Waals surface area contributed by atoms with Crippen molar-refractivity contribution in [2.75, 3.05) is 38.4 Å². The van der Waals surface area contributed by atoms with Gasteiger partial charge in [0, 0.05) is 42.9 Å². The average Bonchev–Trinajstić information content (AvgIpc) is 3.04. The number of hydrogen-bond acceptors (Lipinski definition) is 4. The van der Waals surface area contributed by atoms with Crippen molar-refractivity contribution in [2.24, 2.45) is 0 Å². The van der Waals surface area contributed by atoms with Gasteiger partial charge in [0.05, 0.1) is 36.2 Å². The summed E-state index contributed by atoms with van der Waals surface area (Å²) in [4.78, 5) is 19.2. The van der Waals surface area contributed by atoms with Crippen LogP contribution in [0.15, 0.2) is 42.9 Å². The Morgan fingerprint density at radius 2 is 2.00 bits per heavy atom. The second-order valence-electron chi connectivity index (χ2n) is 6.65. The molecule has 28 heavy (non-hydrogen) atoms. The maximum atomic E-state index is 13.0. The largest absolute Gasteiger partial charge is 0.378 e. The molecule has 0 radical (unpaired) electrons. The highest BCUT2D eigenvalue weighted by molar-refractivity contribution is 6.30. The highest BCUT2D eigenvalue weighted by Gasteiger charge is 2.23. The Labute approximate surface area is 175 Å². The van der Waals surface area contributed by atoms with E-state index in [2.05, 4.69) is 4.98 Å². The summed E-state index contributed by atoms with van der Waals surface area (Å²) in [5.41, 5.74) is 3.49. The first-order chi connectivity index (χ1) is 13.1. The molecule has 3 heterocycles. The molecule has 1 amide bonds. The summed E-state index contributed by atoms with van der Waals surface area (Å²) in [5.74, 6) is 0.00246. The fraction of sp³-hybridized carbons (Fsp3) is 0.300. The van der Waals surface area contributed by atoms with Gasteiger partial charge in [-0.3, -0.25) is 19.5 Å². The molecular weight excluding hydrogens is 399 g/mol. The number of amides is 1. The van der Waals surface area contributed by atoms with E-state index in [1.807, 2.05) is 59.0 Å². The average molecular weight is 421 g/mol. The Balaban J connectivity index is 0.00000225. The van der Waals surface area contributed by atoms with Crippen LogP contribution in [-0.4, -0.2) is 53.8 Å². The van der Waals surface area contributed by atoms with Crippen molar-refractivity contribution in [3.63, 3.8) is 0 Å². The minimum absolute atomic E-state index is 0. The van der Waals surface area contributed by atoms with E-state index in [-0.39, 0.29) is 18.3 Å². The Hall–Kier alpha value is -2.28. The van der Waals surface area contributed by atoms with Crippen LogP contribution in [0.5, 0.6) is 0 Å². The van der Waals surface area contributed by atoms with Crippen LogP contribution in [0, 0.1) is 6.92 Å². The van der Waals surface area contributed by atoms with E-state index in [0.717, 1.165) is 22.2 Å². The normalized spacial score (nSPS) is 14.0. The van der Waals surface area contributed by atoms with Crippen molar-refractivity contribution in [1.29, 1.82) is 0 Å². The summed E-state index contributed by atoms with van der Waals surface area (Å²) < 4.78 is 7.36. The third kappa shape index (κ3) is 3.68. The van der Waals surface area contributed by atoms with Crippen molar-refractivity contribution in [3.8, 4) is 0 Å². The lowest BCUT2D eigenvalue weighted by atomic mass is 10.1. The lowest BCUT2D eigenvalue weighted by molar-refractivity contribution is 0.0304. The number of anilines is 1. The molecule has 1 saturated heterocycles. The van der Waals surface area contributed by atoms with Crippen molar-refractivity contribution in [2.45, 2.75) is 6.92 Å². The van der Waals surface area contributed by atoms with Gasteiger partial charge in [-0.25, -0.2) is 0 Å². The molecule has 1 aliphatic heterocycles. The zero-order chi connectivity index (χ0) is 19.0. The number of fused-ring (bicyclic) bond motifs is 1. The molecule has 1 aliphatic rings. The van der Waals surface area contributed by atoms with E-state index < -0.39 is 0 Å². The first kappa shape index (κ1) is 20.5. The van der Waals surface area contributed by atoms with Gasteiger partial charge >= 0.3 is 0 Å². The van der Waals surface area contributed by atoms with Crippen LogP contribution in [0.4, 0.5) is 5.69 Å². The lowest BCUT2D eigenvalue weighted by Crippen LogP contribution is -2.40. The minimum Gasteiger partial charge on any atom is -0.378 e. The van der Waals surface area contributed by atoms with E-state index in [1.165, 1.54) is 0 Å². The number of carbonyl (C=O) groups excluding carboxylic acids is 1. The van der Waals surface area contributed by atoms with E-state index in [1.54, 1.807) is 12.4 Å². The van der Waals surface area contributed by atoms with Gasteiger partial charge in [-0.1, -0.05) is 17.7 Å². The van der Waals surface area contributed by atoms with Crippen LogP contribution in [0.2, 0.25) is 5.02 Å². The standard InChI is InChI=1S/C20H21ClN4O2.ClH/c1-14-13-25(23(2)16-5-3-4-15(21)10-16)18-12-22-11-17(19(14)18)20(26)24-6-8-27-9-7-24;/h3-5,10-13H,6-9H2,1-2H3;1H. The molecule has 0 unspecified atom stereocenters. The fourth-order valence-corrected chi connectivity index (χ4v) is 3.69. The highest BCUT2D eigenvalue weighted by Crippen LogP contribution is 2.28. The molecule has 0 atom stereocenters. The number of nitrogens with zero attached hydrogens (tertiary/aromatic N) is 4. The number of pyridine rings is 1. The predicted molar refractivity (Wildman–Crippen MR) is 114 cm³/mol.